The molecule has 0 saturated carbocycles. The van der Waals surface area contributed by atoms with E-state index in [0.717, 1.165) is 38.3 Å². The molecule has 0 aliphatic carbocycles. The van der Waals surface area contributed by atoms with Gasteiger partial charge in [-0.05, 0) is 44.7 Å². The smallest absolute Gasteiger partial charge is 0.103 e. The molecule has 0 spiro atoms. The molecule has 21 heavy (non-hydrogen) atoms. The first-order valence-electron chi connectivity index (χ1n) is 7.94. The molecule has 2 N–H and O–H groups in total. The molecule has 0 unspecified atom stereocenters. The van der Waals surface area contributed by atoms with Crippen LogP contribution in [0.15, 0.2) is 24.3 Å². The predicted octanol–water partition coefficient (Wildman–Crippen LogP) is 2.87. The van der Waals surface area contributed by atoms with Crippen LogP contribution in [0.5, 0.6) is 0 Å². The Hall–Kier alpha value is -0.970. The Balaban J connectivity index is 2.44. The van der Waals surface area contributed by atoms with Gasteiger partial charge in [0.25, 0.3) is 0 Å². The Morgan fingerprint density at radius 3 is 1.95 bits per heavy atom. The molecule has 1 aromatic carbocycles. The molecular formula is C17H29N3S. The third kappa shape index (κ3) is 6.55. The zero-order valence-corrected chi connectivity index (χ0v) is 14.5. The Morgan fingerprint density at radius 2 is 1.48 bits per heavy atom. The first-order valence-corrected chi connectivity index (χ1v) is 8.34. The summed E-state index contributed by atoms with van der Waals surface area (Å²) in [6.45, 7) is 13.4. The zero-order chi connectivity index (χ0) is 15.7. The second kappa shape index (κ2) is 9.87. The fourth-order valence-electron chi connectivity index (χ4n) is 2.44. The van der Waals surface area contributed by atoms with E-state index in [1.165, 1.54) is 18.5 Å². The van der Waals surface area contributed by atoms with Crippen LogP contribution in [0.1, 0.15) is 38.3 Å². The number of benzene rings is 1. The van der Waals surface area contributed by atoms with E-state index in [2.05, 4.69) is 42.7 Å². The maximum absolute atomic E-state index is 5.63. The number of rotatable bonds is 10. The minimum atomic E-state index is 0.466. The van der Waals surface area contributed by atoms with Crippen molar-refractivity contribution in [1.29, 1.82) is 0 Å². The average molecular weight is 308 g/mol. The second-order valence-electron chi connectivity index (χ2n) is 5.31. The largest absolute Gasteiger partial charge is 0.389 e. The van der Waals surface area contributed by atoms with Crippen LogP contribution in [-0.2, 0) is 6.54 Å². The van der Waals surface area contributed by atoms with Gasteiger partial charge in [0.1, 0.15) is 4.99 Å². The van der Waals surface area contributed by atoms with Crippen molar-refractivity contribution in [3.05, 3.63) is 35.4 Å². The monoisotopic (exact) mass is 307 g/mol. The minimum Gasteiger partial charge on any atom is -0.389 e. The molecule has 1 aromatic rings. The second-order valence-corrected chi connectivity index (χ2v) is 5.75. The highest BCUT2D eigenvalue weighted by Gasteiger charge is 2.06. The minimum absolute atomic E-state index is 0.466. The van der Waals surface area contributed by atoms with E-state index in [-0.39, 0.29) is 0 Å². The first-order chi connectivity index (χ1) is 10.1. The summed E-state index contributed by atoms with van der Waals surface area (Å²) in [5.74, 6) is 0. The summed E-state index contributed by atoms with van der Waals surface area (Å²) < 4.78 is 0. The summed E-state index contributed by atoms with van der Waals surface area (Å²) in [6.07, 6.45) is 1.22. The highest BCUT2D eigenvalue weighted by molar-refractivity contribution is 7.80. The van der Waals surface area contributed by atoms with Gasteiger partial charge in [-0.3, -0.25) is 4.90 Å². The lowest BCUT2D eigenvalue weighted by Gasteiger charge is -2.23. The molecule has 0 aromatic heterocycles. The lowest BCUT2D eigenvalue weighted by Crippen LogP contribution is -2.29. The van der Waals surface area contributed by atoms with Gasteiger partial charge in [-0.25, -0.2) is 0 Å². The third-order valence-electron chi connectivity index (χ3n) is 3.93. The SMILES string of the molecule is CCN(CC)CCCN(CC)Cc1ccc(C(N)=S)cc1. The fourth-order valence-corrected chi connectivity index (χ4v) is 2.58. The summed E-state index contributed by atoms with van der Waals surface area (Å²) in [6, 6.07) is 8.28. The van der Waals surface area contributed by atoms with E-state index in [0.29, 0.717) is 4.99 Å². The molecule has 0 bridgehead atoms. The lowest BCUT2D eigenvalue weighted by atomic mass is 10.1. The summed E-state index contributed by atoms with van der Waals surface area (Å²) in [5, 5.41) is 0. The van der Waals surface area contributed by atoms with Crippen molar-refractivity contribution in [2.75, 3.05) is 32.7 Å². The zero-order valence-electron chi connectivity index (χ0n) is 13.6. The molecule has 1 rings (SSSR count). The number of hydrogen-bond acceptors (Lipinski definition) is 3. The standard InChI is InChI=1S/C17H29N3S/c1-4-19(5-2)12-7-13-20(6-3)14-15-8-10-16(11-9-15)17(18)21/h8-11H,4-7,12-14H2,1-3H3,(H2,18,21). The molecule has 0 radical (unpaired) electrons. The van der Waals surface area contributed by atoms with Crippen LogP contribution < -0.4 is 5.73 Å². The van der Waals surface area contributed by atoms with E-state index in [9.17, 15) is 0 Å². The normalized spacial score (nSPS) is 11.3. The number of hydrogen-bond donors (Lipinski definition) is 1. The van der Waals surface area contributed by atoms with Gasteiger partial charge in [0.15, 0.2) is 0 Å². The van der Waals surface area contributed by atoms with Gasteiger partial charge in [0.05, 0.1) is 0 Å². The molecule has 0 fully saturated rings. The maximum Gasteiger partial charge on any atom is 0.103 e. The summed E-state index contributed by atoms with van der Waals surface area (Å²) >= 11 is 4.98. The molecule has 0 saturated heterocycles. The van der Waals surface area contributed by atoms with Crippen LogP contribution >= 0.6 is 12.2 Å². The van der Waals surface area contributed by atoms with Crippen LogP contribution in [0.4, 0.5) is 0 Å². The molecule has 4 heteroatoms. The van der Waals surface area contributed by atoms with Gasteiger partial charge in [0, 0.05) is 12.1 Å². The van der Waals surface area contributed by atoms with Crippen LogP contribution in [0.25, 0.3) is 0 Å². The third-order valence-corrected chi connectivity index (χ3v) is 4.17. The van der Waals surface area contributed by atoms with E-state index in [1.54, 1.807) is 0 Å². The molecule has 0 atom stereocenters. The van der Waals surface area contributed by atoms with Gasteiger partial charge in [-0.1, -0.05) is 57.3 Å². The number of nitrogens with zero attached hydrogens (tertiary/aromatic N) is 2. The van der Waals surface area contributed by atoms with E-state index in [1.807, 2.05) is 12.1 Å². The van der Waals surface area contributed by atoms with Crippen LogP contribution in [0, 0.1) is 0 Å². The summed E-state index contributed by atoms with van der Waals surface area (Å²) in [5.41, 5.74) is 7.89. The van der Waals surface area contributed by atoms with Crippen LogP contribution in [-0.4, -0.2) is 47.5 Å². The van der Waals surface area contributed by atoms with E-state index >= 15 is 0 Å². The number of nitrogens with two attached hydrogens (primary N) is 1. The van der Waals surface area contributed by atoms with Crippen molar-refractivity contribution in [2.24, 2.45) is 5.73 Å². The number of thiocarbonyl (C=S) groups is 1. The van der Waals surface area contributed by atoms with Gasteiger partial charge in [-0.15, -0.1) is 0 Å². The molecule has 0 heterocycles. The van der Waals surface area contributed by atoms with Gasteiger partial charge < -0.3 is 10.6 Å². The van der Waals surface area contributed by atoms with E-state index < -0.39 is 0 Å². The molecule has 3 nitrogen and oxygen atoms in total. The van der Waals surface area contributed by atoms with Crippen LogP contribution in [0.2, 0.25) is 0 Å². The van der Waals surface area contributed by atoms with Crippen molar-refractivity contribution in [1.82, 2.24) is 9.80 Å². The topological polar surface area (TPSA) is 32.5 Å². The van der Waals surface area contributed by atoms with Crippen molar-refractivity contribution >= 4 is 17.2 Å². The lowest BCUT2D eigenvalue weighted by molar-refractivity contribution is 0.238. The molecular weight excluding hydrogens is 278 g/mol. The Morgan fingerprint density at radius 1 is 0.952 bits per heavy atom. The molecule has 0 aliphatic heterocycles. The average Bonchev–Trinajstić information content (AvgIpc) is 2.50. The van der Waals surface area contributed by atoms with Crippen molar-refractivity contribution in [3.63, 3.8) is 0 Å². The summed E-state index contributed by atoms with van der Waals surface area (Å²) in [7, 11) is 0. The highest BCUT2D eigenvalue weighted by Crippen LogP contribution is 2.08. The van der Waals surface area contributed by atoms with Crippen molar-refractivity contribution in [3.8, 4) is 0 Å². The van der Waals surface area contributed by atoms with Crippen molar-refractivity contribution < 1.29 is 0 Å². The maximum atomic E-state index is 5.63. The Kier molecular flexibility index (Phi) is 8.50. The summed E-state index contributed by atoms with van der Waals surface area (Å²) in [4.78, 5) is 5.43. The van der Waals surface area contributed by atoms with Crippen molar-refractivity contribution in [2.45, 2.75) is 33.7 Å². The molecule has 0 amide bonds. The van der Waals surface area contributed by atoms with Gasteiger partial charge in [0.2, 0.25) is 0 Å². The van der Waals surface area contributed by atoms with Crippen LogP contribution in [0.3, 0.4) is 0 Å². The quantitative estimate of drug-likeness (QED) is 0.674. The van der Waals surface area contributed by atoms with E-state index in [4.69, 9.17) is 18.0 Å². The molecule has 0 aliphatic rings. The fraction of sp³-hybridized carbons (Fsp3) is 0.588. The van der Waals surface area contributed by atoms with Gasteiger partial charge in [-0.2, -0.15) is 0 Å². The highest BCUT2D eigenvalue weighted by atomic mass is 32.1. The Bertz CT molecular complexity index is 413. The molecule has 118 valence electrons. The predicted molar refractivity (Wildman–Crippen MR) is 95.7 cm³/mol. The Labute approximate surface area is 135 Å². The van der Waals surface area contributed by atoms with Gasteiger partial charge >= 0.3 is 0 Å². The first kappa shape index (κ1) is 18.1.